The Kier molecular flexibility index (Phi) is 8.32. The zero-order valence-corrected chi connectivity index (χ0v) is 17.3. The van der Waals surface area contributed by atoms with Crippen LogP contribution in [0.4, 0.5) is 0 Å². The number of likely N-dealkylation sites (N-methyl/N-ethyl adjacent to an activating group) is 1. The first-order chi connectivity index (χ1) is 10.5. The van der Waals surface area contributed by atoms with Gasteiger partial charge in [0.05, 0.1) is 12.2 Å². The van der Waals surface area contributed by atoms with E-state index in [4.69, 9.17) is 0 Å². The normalized spacial score (nSPS) is 20.3. The van der Waals surface area contributed by atoms with Crippen molar-refractivity contribution in [2.45, 2.75) is 25.8 Å². The highest BCUT2D eigenvalue weighted by molar-refractivity contribution is 14.0. The number of hydrogen-bond acceptors (Lipinski definition) is 3. The molecule has 0 amide bonds. The van der Waals surface area contributed by atoms with Gasteiger partial charge in [-0.05, 0) is 32.9 Å². The van der Waals surface area contributed by atoms with Gasteiger partial charge in [0.25, 0.3) is 0 Å². The topological polar surface area (TPSA) is 48.7 Å². The van der Waals surface area contributed by atoms with E-state index >= 15 is 0 Å². The summed E-state index contributed by atoms with van der Waals surface area (Å²) in [6.07, 6.45) is 6.60. The number of rotatable bonds is 4. The van der Waals surface area contributed by atoms with Gasteiger partial charge in [-0.3, -0.25) is 9.67 Å². The molecule has 0 aromatic carbocycles. The first kappa shape index (κ1) is 20.2. The lowest BCUT2D eigenvalue weighted by atomic mass is 10.0. The number of guanidine groups is 1. The molecule has 23 heavy (non-hydrogen) atoms. The summed E-state index contributed by atoms with van der Waals surface area (Å²) in [6.45, 7) is 5.34. The maximum absolute atomic E-state index is 4.47. The molecule has 2 atom stereocenters. The molecule has 1 saturated heterocycles. The Morgan fingerprint density at radius 2 is 2.26 bits per heavy atom. The monoisotopic (exact) mass is 434 g/mol. The van der Waals surface area contributed by atoms with Crippen LogP contribution in [0.2, 0.25) is 0 Å². The molecule has 1 aromatic rings. The highest BCUT2D eigenvalue weighted by Crippen LogP contribution is 2.18. The molecule has 2 rings (SSSR count). The van der Waals surface area contributed by atoms with Gasteiger partial charge >= 0.3 is 0 Å². The minimum atomic E-state index is 0. The summed E-state index contributed by atoms with van der Waals surface area (Å²) in [5.74, 6) is 1.76. The Labute approximate surface area is 157 Å². The van der Waals surface area contributed by atoms with Gasteiger partial charge in [-0.1, -0.05) is 6.92 Å². The van der Waals surface area contributed by atoms with Crippen LogP contribution in [0, 0.1) is 5.92 Å². The van der Waals surface area contributed by atoms with Crippen molar-refractivity contribution in [3.8, 4) is 0 Å². The van der Waals surface area contributed by atoms with E-state index in [0.29, 0.717) is 0 Å². The van der Waals surface area contributed by atoms with Crippen LogP contribution < -0.4 is 5.32 Å². The van der Waals surface area contributed by atoms with Crippen LogP contribution in [0.5, 0.6) is 0 Å². The zero-order chi connectivity index (χ0) is 16.1. The summed E-state index contributed by atoms with van der Waals surface area (Å²) in [7, 11) is 8.03. The van der Waals surface area contributed by atoms with Crippen LogP contribution in [0.3, 0.4) is 0 Å². The average Bonchev–Trinajstić information content (AvgIpc) is 2.89. The van der Waals surface area contributed by atoms with Gasteiger partial charge in [0.1, 0.15) is 0 Å². The second kappa shape index (κ2) is 9.46. The van der Waals surface area contributed by atoms with E-state index in [0.717, 1.165) is 31.5 Å². The number of halogens is 1. The molecule has 2 heterocycles. The molecule has 0 bridgehead atoms. The van der Waals surface area contributed by atoms with Gasteiger partial charge in [0, 0.05) is 45.5 Å². The van der Waals surface area contributed by atoms with Crippen LogP contribution in [0.15, 0.2) is 17.4 Å². The third-order valence-electron chi connectivity index (χ3n) is 4.35. The summed E-state index contributed by atoms with van der Waals surface area (Å²) in [4.78, 5) is 9.07. The smallest absolute Gasteiger partial charge is 0.193 e. The number of nitrogens with zero attached hydrogens (tertiary/aromatic N) is 5. The number of likely N-dealkylation sites (tertiary alicyclic amines) is 1. The van der Waals surface area contributed by atoms with Crippen LogP contribution in [0.1, 0.15) is 31.4 Å². The second-order valence-electron chi connectivity index (χ2n) is 6.55. The largest absolute Gasteiger partial charge is 0.354 e. The van der Waals surface area contributed by atoms with E-state index in [1.165, 1.54) is 18.4 Å². The van der Waals surface area contributed by atoms with Crippen LogP contribution in [0.25, 0.3) is 0 Å². The predicted molar refractivity (Wildman–Crippen MR) is 106 cm³/mol. The third-order valence-corrected chi connectivity index (χ3v) is 4.35. The lowest BCUT2D eigenvalue weighted by Gasteiger charge is -2.34. The molecule has 1 N–H and O–H groups in total. The summed E-state index contributed by atoms with van der Waals surface area (Å²) in [5.41, 5.74) is 1.22. The number of aliphatic imine (C=N–C) groups is 1. The van der Waals surface area contributed by atoms with Crippen molar-refractivity contribution in [3.05, 3.63) is 18.0 Å². The first-order valence-electron chi connectivity index (χ1n) is 8.11. The number of nitrogens with one attached hydrogen (secondary N) is 1. The van der Waals surface area contributed by atoms with Gasteiger partial charge in [-0.25, -0.2) is 0 Å². The molecule has 1 aliphatic rings. The average molecular weight is 434 g/mol. The van der Waals surface area contributed by atoms with E-state index in [1.807, 2.05) is 25.0 Å². The predicted octanol–water partition coefficient (Wildman–Crippen LogP) is 1.95. The minimum Gasteiger partial charge on any atom is -0.354 e. The molecule has 0 saturated carbocycles. The van der Waals surface area contributed by atoms with E-state index in [-0.39, 0.29) is 30.0 Å². The van der Waals surface area contributed by atoms with Crippen molar-refractivity contribution in [2.75, 3.05) is 40.8 Å². The zero-order valence-electron chi connectivity index (χ0n) is 15.0. The van der Waals surface area contributed by atoms with Gasteiger partial charge in [-0.15, -0.1) is 24.0 Å². The van der Waals surface area contributed by atoms with Crippen molar-refractivity contribution in [3.63, 3.8) is 0 Å². The highest BCUT2D eigenvalue weighted by atomic mass is 127. The molecule has 0 spiro atoms. The summed E-state index contributed by atoms with van der Waals surface area (Å²) >= 11 is 0. The lowest BCUT2D eigenvalue weighted by Crippen LogP contribution is -2.48. The fourth-order valence-corrected chi connectivity index (χ4v) is 3.11. The van der Waals surface area contributed by atoms with Gasteiger partial charge < -0.3 is 15.1 Å². The molecule has 6 nitrogen and oxygen atoms in total. The van der Waals surface area contributed by atoms with Crippen LogP contribution >= 0.6 is 24.0 Å². The fourth-order valence-electron chi connectivity index (χ4n) is 3.11. The van der Waals surface area contributed by atoms with E-state index in [2.05, 4.69) is 52.4 Å². The SMILES string of the molecule is CN=C(NCC(c1cnn(C)c1)N(C)C)N1CCCC(C)C1.I. The third kappa shape index (κ3) is 5.63. The minimum absolute atomic E-state index is 0. The van der Waals surface area contributed by atoms with E-state index in [1.54, 1.807) is 0 Å². The Bertz CT molecular complexity index is 499. The second-order valence-corrected chi connectivity index (χ2v) is 6.55. The molecule has 1 aromatic heterocycles. The standard InChI is InChI=1S/C16H30N6.HI/c1-13-7-6-8-22(11-13)16(17-2)18-10-15(20(3)4)14-9-19-21(5)12-14;/h9,12-13,15H,6-8,10-11H2,1-5H3,(H,17,18);1H. The van der Waals surface area contributed by atoms with Crippen LogP contribution in [-0.4, -0.2) is 66.3 Å². The molecule has 1 aliphatic heterocycles. The van der Waals surface area contributed by atoms with Crippen molar-refractivity contribution in [1.29, 1.82) is 0 Å². The molecule has 7 heteroatoms. The van der Waals surface area contributed by atoms with Crippen molar-refractivity contribution < 1.29 is 0 Å². The number of aromatic nitrogens is 2. The molecule has 0 aliphatic carbocycles. The van der Waals surface area contributed by atoms with Crippen molar-refractivity contribution in [1.82, 2.24) is 24.9 Å². The summed E-state index contributed by atoms with van der Waals surface area (Å²) < 4.78 is 1.85. The quantitative estimate of drug-likeness (QED) is 0.447. The Balaban J connectivity index is 0.00000264. The molecule has 132 valence electrons. The van der Waals surface area contributed by atoms with E-state index in [9.17, 15) is 0 Å². The van der Waals surface area contributed by atoms with Gasteiger partial charge in [-0.2, -0.15) is 5.10 Å². The van der Waals surface area contributed by atoms with E-state index < -0.39 is 0 Å². The summed E-state index contributed by atoms with van der Waals surface area (Å²) in [5, 5.41) is 7.83. The molecule has 1 fully saturated rings. The van der Waals surface area contributed by atoms with Crippen molar-refractivity contribution >= 4 is 29.9 Å². The number of piperidine rings is 1. The molecular weight excluding hydrogens is 403 g/mol. The maximum Gasteiger partial charge on any atom is 0.193 e. The Hall–Kier alpha value is -0.830. The first-order valence-corrected chi connectivity index (χ1v) is 8.11. The molecule has 0 radical (unpaired) electrons. The van der Waals surface area contributed by atoms with Gasteiger partial charge in [0.15, 0.2) is 5.96 Å². The fraction of sp³-hybridized carbons (Fsp3) is 0.750. The molecule has 2 unspecified atom stereocenters. The Morgan fingerprint density at radius 3 is 2.78 bits per heavy atom. The van der Waals surface area contributed by atoms with Crippen LogP contribution in [-0.2, 0) is 7.05 Å². The number of aryl methyl sites for hydroxylation is 1. The van der Waals surface area contributed by atoms with Crippen molar-refractivity contribution in [2.24, 2.45) is 18.0 Å². The van der Waals surface area contributed by atoms with Gasteiger partial charge in [0.2, 0.25) is 0 Å². The highest BCUT2D eigenvalue weighted by Gasteiger charge is 2.21. The summed E-state index contributed by atoms with van der Waals surface area (Å²) in [6, 6.07) is 0.285. The maximum atomic E-state index is 4.47. The molecular formula is C16H31IN6. The number of hydrogen-bond donors (Lipinski definition) is 1. The lowest BCUT2D eigenvalue weighted by molar-refractivity contribution is 0.258. The Morgan fingerprint density at radius 1 is 1.52 bits per heavy atom.